The molecule has 0 fully saturated rings. The molecule has 0 saturated heterocycles. The van der Waals surface area contributed by atoms with Gasteiger partial charge in [-0.05, 0) is 33.3 Å². The molecule has 0 bridgehead atoms. The lowest BCUT2D eigenvalue weighted by Crippen LogP contribution is -2.21. The zero-order valence-electron chi connectivity index (χ0n) is 9.12. The molecule has 2 aromatic rings. The summed E-state index contributed by atoms with van der Waals surface area (Å²) in [4.78, 5) is 22.7. The van der Waals surface area contributed by atoms with Gasteiger partial charge in [0.1, 0.15) is 0 Å². The Morgan fingerprint density at radius 1 is 1.32 bits per heavy atom. The number of carbonyl (C=O) groups is 2. The molecule has 0 aliphatic rings. The van der Waals surface area contributed by atoms with Gasteiger partial charge in [0.25, 0.3) is 0 Å². The van der Waals surface area contributed by atoms with Crippen LogP contribution in [0.4, 0.5) is 15.6 Å². The number of aromatic carboxylic acids is 1. The third-order valence-electron chi connectivity index (χ3n) is 2.00. The summed E-state index contributed by atoms with van der Waals surface area (Å²) in [7, 11) is 0. The number of carboxylic acids is 1. The summed E-state index contributed by atoms with van der Waals surface area (Å²) >= 11 is 4.08. The van der Waals surface area contributed by atoms with Crippen molar-refractivity contribution in [1.82, 2.24) is 14.8 Å². The lowest BCUT2D eigenvalue weighted by Gasteiger charge is -2.10. The van der Waals surface area contributed by atoms with Crippen molar-refractivity contribution in [2.75, 3.05) is 10.6 Å². The second kappa shape index (κ2) is 5.71. The van der Waals surface area contributed by atoms with Gasteiger partial charge in [-0.15, -0.1) is 0 Å². The van der Waals surface area contributed by atoms with Crippen molar-refractivity contribution >= 4 is 50.3 Å². The van der Waals surface area contributed by atoms with Crippen LogP contribution in [0.2, 0.25) is 0 Å². The summed E-state index contributed by atoms with van der Waals surface area (Å²) < 4.78 is 3.94. The molecule has 0 atom stereocenters. The minimum Gasteiger partial charge on any atom is -0.478 e. The largest absolute Gasteiger partial charge is 0.478 e. The average Bonchev–Trinajstić information content (AvgIpc) is 2.84. The lowest BCUT2D eigenvalue weighted by molar-refractivity contribution is 0.0698. The molecule has 0 aliphatic heterocycles. The summed E-state index contributed by atoms with van der Waals surface area (Å²) in [5, 5.41) is 20.9. The number of para-hydroxylation sites is 1. The van der Waals surface area contributed by atoms with E-state index in [0.29, 0.717) is 4.47 Å². The number of nitrogens with one attached hydrogen (secondary N) is 2. The Kier molecular flexibility index (Phi) is 4.02. The van der Waals surface area contributed by atoms with Crippen LogP contribution < -0.4 is 10.6 Å². The number of carbonyl (C=O) groups excluding carboxylic acids is 1. The first-order chi connectivity index (χ1) is 9.08. The van der Waals surface area contributed by atoms with Gasteiger partial charge in [-0.3, -0.25) is 5.32 Å². The molecule has 0 aliphatic carbocycles. The van der Waals surface area contributed by atoms with Gasteiger partial charge in [0.05, 0.1) is 11.3 Å². The number of halogens is 1. The molecule has 0 radical (unpaired) electrons. The number of benzene rings is 1. The van der Waals surface area contributed by atoms with Gasteiger partial charge < -0.3 is 10.4 Å². The van der Waals surface area contributed by atoms with Crippen molar-refractivity contribution in [3.05, 3.63) is 28.2 Å². The van der Waals surface area contributed by atoms with E-state index >= 15 is 0 Å². The molecule has 2 rings (SSSR count). The van der Waals surface area contributed by atoms with Crippen molar-refractivity contribution in [3.8, 4) is 0 Å². The zero-order chi connectivity index (χ0) is 13.8. The highest BCUT2D eigenvalue weighted by molar-refractivity contribution is 9.10. The van der Waals surface area contributed by atoms with E-state index in [1.54, 1.807) is 12.1 Å². The lowest BCUT2D eigenvalue weighted by atomic mass is 10.2. The summed E-state index contributed by atoms with van der Waals surface area (Å²) in [6.45, 7) is 0. The van der Waals surface area contributed by atoms with Crippen LogP contribution in [0, 0.1) is 0 Å². The minimum atomic E-state index is -1.14. The van der Waals surface area contributed by atoms with Gasteiger partial charge in [0.2, 0.25) is 5.13 Å². The Morgan fingerprint density at radius 3 is 2.74 bits per heavy atom. The summed E-state index contributed by atoms with van der Waals surface area (Å²) in [6, 6.07) is 3.93. The zero-order valence-corrected chi connectivity index (χ0v) is 11.5. The Labute approximate surface area is 119 Å². The van der Waals surface area contributed by atoms with E-state index in [0.717, 1.165) is 11.5 Å². The molecule has 1 aromatic heterocycles. The van der Waals surface area contributed by atoms with Crippen LogP contribution in [0.3, 0.4) is 0 Å². The van der Waals surface area contributed by atoms with Crippen molar-refractivity contribution in [3.63, 3.8) is 0 Å². The Balaban J connectivity index is 2.19. The Morgan fingerprint density at radius 2 is 2.11 bits per heavy atom. The van der Waals surface area contributed by atoms with Crippen molar-refractivity contribution < 1.29 is 14.7 Å². The highest BCUT2D eigenvalue weighted by atomic mass is 79.9. The Bertz CT molecular complexity index is 618. The van der Waals surface area contributed by atoms with Gasteiger partial charge >= 0.3 is 12.0 Å². The normalized spacial score (nSPS) is 9.95. The molecule has 19 heavy (non-hydrogen) atoms. The first-order valence-corrected chi connectivity index (χ1v) is 6.39. The maximum absolute atomic E-state index is 11.7. The highest BCUT2D eigenvalue weighted by Crippen LogP contribution is 2.26. The quantitative estimate of drug-likeness (QED) is 0.784. The molecule has 3 N–H and O–H groups in total. The van der Waals surface area contributed by atoms with Gasteiger partial charge in [0, 0.05) is 16.0 Å². The molecule has 1 heterocycles. The van der Waals surface area contributed by atoms with Crippen molar-refractivity contribution in [2.24, 2.45) is 0 Å². The predicted octanol–water partition coefficient (Wildman–Crippen LogP) is 2.04. The number of carboxylic acid groups (broad SMARTS) is 1. The number of amides is 2. The molecule has 0 unspecified atom stereocenters. The number of rotatable bonds is 3. The van der Waals surface area contributed by atoms with E-state index in [-0.39, 0.29) is 16.4 Å². The van der Waals surface area contributed by atoms with Crippen LogP contribution in [0.1, 0.15) is 10.4 Å². The van der Waals surface area contributed by atoms with E-state index in [1.165, 1.54) is 6.07 Å². The molecule has 2 amide bonds. The van der Waals surface area contributed by atoms with Crippen molar-refractivity contribution in [2.45, 2.75) is 0 Å². The predicted molar refractivity (Wildman–Crippen MR) is 71.4 cm³/mol. The number of aromatic nitrogens is 3. The van der Waals surface area contributed by atoms with E-state index in [4.69, 9.17) is 5.11 Å². The van der Waals surface area contributed by atoms with Crippen LogP contribution in [0.5, 0.6) is 0 Å². The van der Waals surface area contributed by atoms with Crippen LogP contribution in [0.25, 0.3) is 0 Å². The van der Waals surface area contributed by atoms with Crippen molar-refractivity contribution in [1.29, 1.82) is 0 Å². The average molecular weight is 344 g/mol. The second-order valence-corrected chi connectivity index (χ2v) is 4.80. The van der Waals surface area contributed by atoms with Crippen LogP contribution >= 0.6 is 27.5 Å². The number of hydrogen-bond acceptors (Lipinski definition) is 6. The molecular formula is C9H6BrN5O3S. The maximum Gasteiger partial charge on any atom is 0.337 e. The number of nitrogens with zero attached hydrogens (tertiary/aromatic N) is 3. The molecule has 1 aromatic carbocycles. The maximum atomic E-state index is 11.7. The molecule has 10 heteroatoms. The third-order valence-corrected chi connectivity index (χ3v) is 3.17. The highest BCUT2D eigenvalue weighted by Gasteiger charge is 2.15. The fourth-order valence-corrected chi connectivity index (χ4v) is 2.08. The topological polar surface area (TPSA) is 117 Å². The molecule has 98 valence electrons. The molecular weight excluding hydrogens is 338 g/mol. The first-order valence-electron chi connectivity index (χ1n) is 4.83. The molecule has 0 spiro atoms. The molecule has 8 nitrogen and oxygen atoms in total. The van der Waals surface area contributed by atoms with E-state index in [9.17, 15) is 9.59 Å². The number of urea groups is 1. The van der Waals surface area contributed by atoms with Gasteiger partial charge in [0.15, 0.2) is 0 Å². The minimum absolute atomic E-state index is 0.0279. The van der Waals surface area contributed by atoms with Crippen LogP contribution in [-0.2, 0) is 0 Å². The van der Waals surface area contributed by atoms with E-state index < -0.39 is 12.0 Å². The Hall–Kier alpha value is -2.07. The van der Waals surface area contributed by atoms with Crippen LogP contribution in [-0.4, -0.2) is 31.9 Å². The summed E-state index contributed by atoms with van der Waals surface area (Å²) in [6.07, 6.45) is 0. The second-order valence-electron chi connectivity index (χ2n) is 3.21. The smallest absolute Gasteiger partial charge is 0.337 e. The number of anilines is 2. The number of hydrogen-bond donors (Lipinski definition) is 3. The SMILES string of the molecule is O=C(Nc1nnns1)Nc1c(Br)cccc1C(=O)O. The summed E-state index contributed by atoms with van der Waals surface area (Å²) in [5.41, 5.74) is 0.130. The molecule has 0 saturated carbocycles. The fourth-order valence-electron chi connectivity index (χ4n) is 1.25. The van der Waals surface area contributed by atoms with E-state index in [2.05, 4.69) is 41.4 Å². The standard InChI is InChI=1S/C9H6BrN5O3S/c10-5-3-1-2-4(7(16)17)6(5)11-8(18)12-9-13-14-15-19-9/h1-3H,(H,16,17)(H2,11,12,13,15,18). The first kappa shape index (κ1) is 13.4. The van der Waals surface area contributed by atoms with Gasteiger partial charge in [-0.25, -0.2) is 9.59 Å². The monoisotopic (exact) mass is 343 g/mol. The van der Waals surface area contributed by atoms with Gasteiger partial charge in [-0.1, -0.05) is 15.7 Å². The van der Waals surface area contributed by atoms with E-state index in [1.807, 2.05) is 0 Å². The van der Waals surface area contributed by atoms with Crippen LogP contribution in [0.15, 0.2) is 22.7 Å². The third kappa shape index (κ3) is 3.23. The fraction of sp³-hybridized carbons (Fsp3) is 0. The summed E-state index contributed by atoms with van der Waals surface area (Å²) in [5.74, 6) is -1.14. The van der Waals surface area contributed by atoms with Gasteiger partial charge in [-0.2, -0.15) is 0 Å².